The average Bonchev–Trinajstić information content (AvgIpc) is 3.26. The highest BCUT2D eigenvalue weighted by atomic mass is 35.5. The molecule has 1 aliphatic carbocycles. The zero-order valence-electron chi connectivity index (χ0n) is 12.1. The minimum atomic E-state index is -0.237. The van der Waals surface area contributed by atoms with Gasteiger partial charge in [-0.3, -0.25) is 14.2 Å². The molecule has 1 aliphatic heterocycles. The summed E-state index contributed by atoms with van der Waals surface area (Å²) in [6, 6.07) is 1.28. The third kappa shape index (κ3) is 3.27. The first-order valence-corrected chi connectivity index (χ1v) is 7.66. The first-order chi connectivity index (χ1) is 10.0. The fourth-order valence-corrected chi connectivity index (χ4v) is 2.78. The number of hydrogen-bond donors (Lipinski definition) is 0. The molecule has 2 aliphatic rings. The van der Waals surface area contributed by atoms with Crippen molar-refractivity contribution in [3.8, 4) is 0 Å². The van der Waals surface area contributed by atoms with Crippen LogP contribution in [0.1, 0.15) is 24.6 Å². The Kier molecular flexibility index (Phi) is 3.99. The average molecular weight is 311 g/mol. The van der Waals surface area contributed by atoms with E-state index in [1.165, 1.54) is 10.6 Å². The van der Waals surface area contributed by atoms with Crippen LogP contribution >= 0.6 is 11.6 Å². The summed E-state index contributed by atoms with van der Waals surface area (Å²) in [4.78, 5) is 32.8. The van der Waals surface area contributed by atoms with E-state index in [0.717, 1.165) is 25.9 Å². The Morgan fingerprint density at radius 3 is 2.62 bits per heavy atom. The molecule has 3 rings (SSSR count). The van der Waals surface area contributed by atoms with Crippen molar-refractivity contribution in [2.45, 2.75) is 25.3 Å². The Morgan fingerprint density at radius 2 is 2.00 bits per heavy atom. The second-order valence-electron chi connectivity index (χ2n) is 5.82. The molecule has 1 aromatic rings. The standard InChI is InChI=1S/C14H19ClN4O2/c1-17-4-6-18(7-5-17)13(21)9-19-12(20)8-11(15)16-14(19)10-2-3-10/h8,10H,2-7,9H2,1H3. The van der Waals surface area contributed by atoms with Crippen LogP contribution in [0.2, 0.25) is 5.15 Å². The van der Waals surface area contributed by atoms with Gasteiger partial charge in [-0.05, 0) is 19.9 Å². The molecule has 1 aromatic heterocycles. The second kappa shape index (κ2) is 5.77. The molecule has 0 bridgehead atoms. The van der Waals surface area contributed by atoms with Gasteiger partial charge >= 0.3 is 0 Å². The zero-order chi connectivity index (χ0) is 15.0. The minimum Gasteiger partial charge on any atom is -0.339 e. The number of carbonyl (C=O) groups is 1. The number of aromatic nitrogens is 2. The van der Waals surface area contributed by atoms with Crippen LogP contribution in [0.25, 0.3) is 0 Å². The Bertz CT molecular complexity index is 603. The molecule has 1 saturated carbocycles. The van der Waals surface area contributed by atoms with Crippen molar-refractivity contribution in [3.63, 3.8) is 0 Å². The van der Waals surface area contributed by atoms with Gasteiger partial charge in [0.1, 0.15) is 17.5 Å². The smallest absolute Gasteiger partial charge is 0.255 e. The summed E-state index contributed by atoms with van der Waals surface area (Å²) in [5, 5.41) is 0.213. The van der Waals surface area contributed by atoms with Crippen LogP contribution in [0.4, 0.5) is 0 Å². The third-order valence-electron chi connectivity index (χ3n) is 4.10. The Morgan fingerprint density at radius 1 is 1.33 bits per heavy atom. The molecular formula is C14H19ClN4O2. The fourth-order valence-electron chi connectivity index (χ4n) is 2.60. The van der Waals surface area contributed by atoms with Crippen LogP contribution in [0, 0.1) is 0 Å². The van der Waals surface area contributed by atoms with Crippen LogP contribution < -0.4 is 5.56 Å². The summed E-state index contributed by atoms with van der Waals surface area (Å²) in [6.07, 6.45) is 2.02. The summed E-state index contributed by atoms with van der Waals surface area (Å²) in [5.41, 5.74) is -0.237. The maximum atomic E-state index is 12.4. The van der Waals surface area contributed by atoms with E-state index in [9.17, 15) is 9.59 Å². The molecule has 7 heteroatoms. The van der Waals surface area contributed by atoms with E-state index in [-0.39, 0.29) is 29.1 Å². The van der Waals surface area contributed by atoms with E-state index in [1.807, 2.05) is 11.9 Å². The van der Waals surface area contributed by atoms with Gasteiger partial charge in [0.05, 0.1) is 0 Å². The topological polar surface area (TPSA) is 58.4 Å². The number of halogens is 1. The van der Waals surface area contributed by atoms with Gasteiger partial charge < -0.3 is 9.80 Å². The lowest BCUT2D eigenvalue weighted by Gasteiger charge is -2.32. The first-order valence-electron chi connectivity index (χ1n) is 7.28. The van der Waals surface area contributed by atoms with E-state index < -0.39 is 0 Å². The van der Waals surface area contributed by atoms with Crippen molar-refractivity contribution in [1.29, 1.82) is 0 Å². The molecule has 114 valence electrons. The van der Waals surface area contributed by atoms with E-state index in [4.69, 9.17) is 11.6 Å². The molecule has 6 nitrogen and oxygen atoms in total. The van der Waals surface area contributed by atoms with Crippen LogP contribution in [-0.2, 0) is 11.3 Å². The van der Waals surface area contributed by atoms with E-state index in [2.05, 4.69) is 9.88 Å². The highest BCUT2D eigenvalue weighted by Crippen LogP contribution is 2.38. The van der Waals surface area contributed by atoms with Crippen LogP contribution in [-0.4, -0.2) is 58.5 Å². The second-order valence-corrected chi connectivity index (χ2v) is 6.21. The highest BCUT2D eigenvalue weighted by molar-refractivity contribution is 6.29. The summed E-state index contributed by atoms with van der Waals surface area (Å²) in [5.74, 6) is 0.919. The molecule has 2 heterocycles. The van der Waals surface area contributed by atoms with Crippen molar-refractivity contribution < 1.29 is 4.79 Å². The molecule has 0 aromatic carbocycles. The molecule has 0 atom stereocenters. The fraction of sp³-hybridized carbons (Fsp3) is 0.643. The lowest BCUT2D eigenvalue weighted by atomic mass is 10.3. The predicted octanol–water partition coefficient (Wildman–Crippen LogP) is 0.548. The van der Waals surface area contributed by atoms with Gasteiger partial charge in [-0.1, -0.05) is 11.6 Å². The van der Waals surface area contributed by atoms with Gasteiger partial charge in [-0.15, -0.1) is 0 Å². The number of hydrogen-bond acceptors (Lipinski definition) is 4. The summed E-state index contributed by atoms with van der Waals surface area (Å²) < 4.78 is 1.49. The lowest BCUT2D eigenvalue weighted by molar-refractivity contribution is -0.133. The Labute approximate surface area is 128 Å². The van der Waals surface area contributed by atoms with Gasteiger partial charge in [0, 0.05) is 38.2 Å². The molecule has 21 heavy (non-hydrogen) atoms. The number of rotatable bonds is 3. The third-order valence-corrected chi connectivity index (χ3v) is 4.29. The molecule has 0 spiro atoms. The Balaban J connectivity index is 1.78. The molecule has 1 amide bonds. The van der Waals surface area contributed by atoms with E-state index in [1.54, 1.807) is 0 Å². The first kappa shape index (κ1) is 14.5. The number of likely N-dealkylation sites (N-methyl/N-ethyl adjacent to an activating group) is 1. The van der Waals surface area contributed by atoms with Crippen LogP contribution in [0.5, 0.6) is 0 Å². The van der Waals surface area contributed by atoms with Gasteiger partial charge in [0.2, 0.25) is 5.91 Å². The van der Waals surface area contributed by atoms with Crippen LogP contribution in [0.3, 0.4) is 0 Å². The van der Waals surface area contributed by atoms with Gasteiger partial charge in [0.15, 0.2) is 0 Å². The predicted molar refractivity (Wildman–Crippen MR) is 79.6 cm³/mol. The normalized spacial score (nSPS) is 19.8. The summed E-state index contributed by atoms with van der Waals surface area (Å²) in [6.45, 7) is 3.23. The lowest BCUT2D eigenvalue weighted by Crippen LogP contribution is -2.48. The number of carbonyl (C=O) groups excluding carboxylic acids is 1. The van der Waals surface area contributed by atoms with E-state index >= 15 is 0 Å². The molecule has 1 saturated heterocycles. The maximum Gasteiger partial charge on any atom is 0.255 e. The molecule has 2 fully saturated rings. The largest absolute Gasteiger partial charge is 0.339 e. The molecular weight excluding hydrogens is 292 g/mol. The van der Waals surface area contributed by atoms with E-state index in [0.29, 0.717) is 18.9 Å². The number of piperazine rings is 1. The van der Waals surface area contributed by atoms with Crippen LogP contribution in [0.15, 0.2) is 10.9 Å². The molecule has 0 N–H and O–H groups in total. The SMILES string of the molecule is CN1CCN(C(=O)Cn2c(C3CC3)nc(Cl)cc2=O)CC1. The summed E-state index contributed by atoms with van der Waals surface area (Å²) >= 11 is 5.87. The van der Waals surface area contributed by atoms with Crippen molar-refractivity contribution in [1.82, 2.24) is 19.4 Å². The van der Waals surface area contributed by atoms with Crippen molar-refractivity contribution >= 4 is 17.5 Å². The number of amides is 1. The highest BCUT2D eigenvalue weighted by Gasteiger charge is 2.30. The number of nitrogens with zero attached hydrogens (tertiary/aromatic N) is 4. The van der Waals surface area contributed by atoms with Gasteiger partial charge in [0.25, 0.3) is 5.56 Å². The van der Waals surface area contributed by atoms with Crippen molar-refractivity contribution in [2.24, 2.45) is 0 Å². The molecule has 0 unspecified atom stereocenters. The van der Waals surface area contributed by atoms with Gasteiger partial charge in [-0.2, -0.15) is 0 Å². The van der Waals surface area contributed by atoms with Crippen molar-refractivity contribution in [2.75, 3.05) is 33.2 Å². The minimum absolute atomic E-state index is 0.0174. The summed E-state index contributed by atoms with van der Waals surface area (Å²) in [7, 11) is 2.04. The van der Waals surface area contributed by atoms with Gasteiger partial charge in [-0.25, -0.2) is 4.98 Å². The Hall–Kier alpha value is -1.40. The van der Waals surface area contributed by atoms with Crippen molar-refractivity contribution in [3.05, 3.63) is 27.4 Å². The quantitative estimate of drug-likeness (QED) is 0.765. The zero-order valence-corrected chi connectivity index (χ0v) is 12.8. The monoisotopic (exact) mass is 310 g/mol. The molecule has 0 radical (unpaired) electrons. The maximum absolute atomic E-state index is 12.4.